The molecule has 0 saturated carbocycles. The summed E-state index contributed by atoms with van der Waals surface area (Å²) in [4.78, 5) is 0. The molecule has 0 aliphatic heterocycles. The van der Waals surface area contributed by atoms with Crippen LogP contribution in [0, 0.1) is 13.3 Å². The smallest absolute Gasteiger partial charge is 0.0495 e. The second-order valence-electron chi connectivity index (χ2n) is 2.40. The normalized spacial score (nSPS) is 10.2. The maximum atomic E-state index is 5.25. The van der Waals surface area contributed by atoms with Crippen LogP contribution in [-0.2, 0) is 4.74 Å². The van der Waals surface area contributed by atoms with Gasteiger partial charge in [-0.1, -0.05) is 33.1 Å². The fourth-order valence-electron chi connectivity index (χ4n) is 0.759. The van der Waals surface area contributed by atoms with Crippen molar-refractivity contribution in [1.29, 1.82) is 0 Å². The minimum absolute atomic E-state index is 0.796. The summed E-state index contributed by atoms with van der Waals surface area (Å²) in [5.41, 5.74) is 0. The van der Waals surface area contributed by atoms with Gasteiger partial charge in [-0.3, -0.25) is 0 Å². The molecule has 0 saturated heterocycles. The summed E-state index contributed by atoms with van der Waals surface area (Å²) in [6, 6.07) is 0. The van der Waals surface area contributed by atoms with E-state index in [0.29, 0.717) is 0 Å². The van der Waals surface area contributed by atoms with E-state index in [0.717, 1.165) is 19.6 Å². The van der Waals surface area contributed by atoms with Gasteiger partial charge in [0.1, 0.15) is 0 Å². The maximum Gasteiger partial charge on any atom is 0.0495 e. The third-order valence-corrected chi connectivity index (χ3v) is 1.32. The van der Waals surface area contributed by atoms with Gasteiger partial charge in [0.2, 0.25) is 0 Å². The van der Waals surface area contributed by atoms with E-state index >= 15 is 0 Å². The molecule has 0 rings (SSSR count). The first-order chi connectivity index (χ1) is 4.91. The quantitative estimate of drug-likeness (QED) is 0.496. The molecule has 0 amide bonds. The highest BCUT2D eigenvalue weighted by atomic mass is 16.5. The van der Waals surface area contributed by atoms with E-state index in [4.69, 9.17) is 4.74 Å². The average Bonchev–Trinajstić information content (AvgIpc) is 1.97. The molecule has 0 unspecified atom stereocenters. The number of ether oxygens (including phenoxy) is 1. The lowest BCUT2D eigenvalue weighted by molar-refractivity contribution is 0.149. The van der Waals surface area contributed by atoms with Crippen molar-refractivity contribution in [2.45, 2.75) is 32.6 Å². The first-order valence-electron chi connectivity index (χ1n) is 4.06. The molecule has 0 aromatic rings. The number of rotatable bonds is 7. The lowest BCUT2D eigenvalue weighted by atomic mass is 10.2. The maximum absolute atomic E-state index is 5.25. The van der Waals surface area contributed by atoms with E-state index in [1.807, 2.05) is 13.3 Å². The Kier molecular flexibility index (Phi) is 8.92. The first-order valence-corrected chi connectivity index (χ1v) is 4.06. The monoisotopic (exact) mass is 142 g/mol. The summed E-state index contributed by atoms with van der Waals surface area (Å²) < 4.78 is 5.25. The van der Waals surface area contributed by atoms with Crippen LogP contribution < -0.4 is 0 Å². The van der Waals surface area contributed by atoms with Crippen molar-refractivity contribution in [3.8, 4) is 0 Å². The van der Waals surface area contributed by atoms with E-state index < -0.39 is 0 Å². The fourth-order valence-corrected chi connectivity index (χ4v) is 0.759. The molecule has 0 aliphatic carbocycles. The van der Waals surface area contributed by atoms with Crippen LogP contribution in [0.4, 0.5) is 0 Å². The second kappa shape index (κ2) is 8.96. The van der Waals surface area contributed by atoms with Crippen molar-refractivity contribution in [3.05, 3.63) is 13.3 Å². The first kappa shape index (κ1) is 9.96. The van der Waals surface area contributed by atoms with Gasteiger partial charge >= 0.3 is 0 Å². The van der Waals surface area contributed by atoms with Crippen LogP contribution in [0.15, 0.2) is 0 Å². The topological polar surface area (TPSA) is 9.23 Å². The van der Waals surface area contributed by atoms with Crippen LogP contribution >= 0.6 is 0 Å². The third-order valence-electron chi connectivity index (χ3n) is 1.32. The van der Waals surface area contributed by atoms with E-state index in [1.54, 1.807) is 0 Å². The van der Waals surface area contributed by atoms with Gasteiger partial charge in [0.05, 0.1) is 0 Å². The molecule has 1 heteroatoms. The van der Waals surface area contributed by atoms with Crippen molar-refractivity contribution in [1.82, 2.24) is 0 Å². The highest BCUT2D eigenvalue weighted by Gasteiger charge is 1.86. The average molecular weight is 142 g/mol. The summed E-state index contributed by atoms with van der Waals surface area (Å²) in [5, 5.41) is 0. The number of hydrogen-bond acceptors (Lipinski definition) is 1. The summed E-state index contributed by atoms with van der Waals surface area (Å²) in [6.07, 6.45) is 6.76. The minimum Gasteiger partial charge on any atom is -0.381 e. The Bertz CT molecular complexity index is 44.7. The molecule has 0 spiro atoms. The molecular weight excluding hydrogens is 124 g/mol. The molecule has 1 nitrogen and oxygen atoms in total. The molecule has 0 atom stereocenters. The Balaban J connectivity index is 2.65. The van der Waals surface area contributed by atoms with Gasteiger partial charge in [0, 0.05) is 13.2 Å². The zero-order valence-electron chi connectivity index (χ0n) is 6.94. The van der Waals surface area contributed by atoms with Crippen molar-refractivity contribution in [2.75, 3.05) is 13.2 Å². The SMILES string of the molecule is [CH2]CCCCCOC[CH]C. The number of hydrogen-bond donors (Lipinski definition) is 0. The van der Waals surface area contributed by atoms with Crippen molar-refractivity contribution < 1.29 is 4.74 Å². The Morgan fingerprint density at radius 1 is 1.30 bits per heavy atom. The molecule has 60 valence electrons. The Labute approximate surface area is 64.8 Å². The van der Waals surface area contributed by atoms with Crippen LogP contribution in [0.1, 0.15) is 32.6 Å². The zero-order valence-corrected chi connectivity index (χ0v) is 6.94. The lowest BCUT2D eigenvalue weighted by Gasteiger charge is -2.00. The Hall–Kier alpha value is -0.0400. The molecule has 0 bridgehead atoms. The van der Waals surface area contributed by atoms with Gasteiger partial charge in [-0.05, 0) is 12.8 Å². The summed E-state index contributed by atoms with van der Waals surface area (Å²) >= 11 is 0. The molecule has 2 radical (unpaired) electrons. The zero-order chi connectivity index (χ0) is 7.66. The van der Waals surface area contributed by atoms with Gasteiger partial charge < -0.3 is 4.74 Å². The van der Waals surface area contributed by atoms with Gasteiger partial charge in [-0.25, -0.2) is 0 Å². The van der Waals surface area contributed by atoms with Crippen molar-refractivity contribution >= 4 is 0 Å². The standard InChI is InChI=1S/C9H18O/c1-3-5-6-7-9-10-8-4-2/h4H,1,3,5-9H2,2H3. The minimum atomic E-state index is 0.796. The van der Waals surface area contributed by atoms with E-state index in [2.05, 4.69) is 6.92 Å². The van der Waals surface area contributed by atoms with Gasteiger partial charge in [0.25, 0.3) is 0 Å². The van der Waals surface area contributed by atoms with E-state index in [9.17, 15) is 0 Å². The second-order valence-corrected chi connectivity index (χ2v) is 2.40. The molecule has 0 heterocycles. The van der Waals surface area contributed by atoms with Crippen LogP contribution in [0.2, 0.25) is 0 Å². The largest absolute Gasteiger partial charge is 0.381 e. The summed E-state index contributed by atoms with van der Waals surface area (Å²) in [6.45, 7) is 7.49. The van der Waals surface area contributed by atoms with Crippen LogP contribution in [0.3, 0.4) is 0 Å². The van der Waals surface area contributed by atoms with Crippen molar-refractivity contribution in [3.63, 3.8) is 0 Å². The predicted molar refractivity (Wildman–Crippen MR) is 44.6 cm³/mol. The third kappa shape index (κ3) is 7.96. The van der Waals surface area contributed by atoms with Gasteiger partial charge in [0.15, 0.2) is 0 Å². The van der Waals surface area contributed by atoms with E-state index in [-0.39, 0.29) is 0 Å². The van der Waals surface area contributed by atoms with Gasteiger partial charge in [-0.15, -0.1) is 0 Å². The van der Waals surface area contributed by atoms with Crippen LogP contribution in [0.25, 0.3) is 0 Å². The molecule has 0 N–H and O–H groups in total. The van der Waals surface area contributed by atoms with E-state index in [1.165, 1.54) is 19.3 Å². The van der Waals surface area contributed by atoms with Gasteiger partial charge in [-0.2, -0.15) is 0 Å². The molecule has 0 aliphatic rings. The number of unbranched alkanes of at least 4 members (excludes halogenated alkanes) is 3. The molecule has 0 fully saturated rings. The predicted octanol–water partition coefficient (Wildman–Crippen LogP) is 2.62. The molecular formula is C9H18O. The molecule has 10 heavy (non-hydrogen) atoms. The fraction of sp³-hybridized carbons (Fsp3) is 0.778. The molecule has 0 aromatic heterocycles. The van der Waals surface area contributed by atoms with Crippen LogP contribution in [0.5, 0.6) is 0 Å². The summed E-state index contributed by atoms with van der Waals surface area (Å²) in [7, 11) is 0. The lowest BCUT2D eigenvalue weighted by Crippen LogP contribution is -1.95. The highest BCUT2D eigenvalue weighted by Crippen LogP contribution is 1.98. The van der Waals surface area contributed by atoms with Crippen molar-refractivity contribution in [2.24, 2.45) is 0 Å². The van der Waals surface area contributed by atoms with Crippen LogP contribution in [-0.4, -0.2) is 13.2 Å². The Morgan fingerprint density at radius 2 is 2.10 bits per heavy atom. The Morgan fingerprint density at radius 3 is 2.70 bits per heavy atom. The highest BCUT2D eigenvalue weighted by molar-refractivity contribution is 4.51. The summed E-state index contributed by atoms with van der Waals surface area (Å²) in [5.74, 6) is 0. The molecule has 0 aromatic carbocycles.